The Morgan fingerprint density at radius 1 is 0.758 bits per heavy atom. The number of nitrogens with zero attached hydrogens (tertiary/aromatic N) is 7. The standard InChI is InChI=1S/C30H29ClFN13O14S3/c31-27-39-29(36-6-4-34-3-5-35-21-12-18(32)23(44(47)48)13-24(21)45(49)50)41-30(40-27)37-15-1-2-19(20(9-15)38-28(33)46)42-43-22-11-17-14(8-26(22)62(57,58)59)7-16(60(51,52)53)10-25(17)61(54,55)56/h1-2,7-13,34-35,51-53H,3-6H2,(H3,33,38,46)(H,54,55,56)(H,57,58,59)(H2,36,37,39,40,41). The number of fused-ring (bicyclic) bond motifs is 1. The van der Waals surface area contributed by atoms with E-state index >= 15 is 0 Å². The second-order valence-corrected chi connectivity index (χ2v) is 16.8. The highest BCUT2D eigenvalue weighted by atomic mass is 35.5. The number of hydrogen-bond donors (Lipinski definition) is 11. The number of aromatic nitrogens is 3. The van der Waals surface area contributed by atoms with Gasteiger partial charge in [0.25, 0.3) is 25.9 Å². The van der Waals surface area contributed by atoms with Crippen molar-refractivity contribution in [2.75, 3.05) is 47.4 Å². The lowest BCUT2D eigenvalue weighted by Crippen LogP contribution is -2.27. The van der Waals surface area contributed by atoms with Crippen LogP contribution in [-0.4, -0.2) is 96.6 Å². The molecule has 0 aliphatic rings. The number of nitrogens with two attached hydrogens (primary N) is 1. The summed E-state index contributed by atoms with van der Waals surface area (Å²) >= 11 is 6.08. The van der Waals surface area contributed by atoms with E-state index in [-0.39, 0.29) is 66.1 Å². The Kier molecular flexibility index (Phi) is 14.0. The Balaban J connectivity index is 1.30. The molecule has 0 aliphatic carbocycles. The van der Waals surface area contributed by atoms with Gasteiger partial charge in [0, 0.05) is 43.3 Å². The number of hydrogen-bond acceptors (Lipinski definition) is 21. The van der Waals surface area contributed by atoms with Gasteiger partial charge in [0.05, 0.1) is 26.5 Å². The van der Waals surface area contributed by atoms with Crippen molar-refractivity contribution in [1.29, 1.82) is 0 Å². The van der Waals surface area contributed by atoms with Gasteiger partial charge in [-0.15, -0.1) is 10.2 Å². The van der Waals surface area contributed by atoms with Gasteiger partial charge >= 0.3 is 11.7 Å². The third kappa shape index (κ3) is 11.8. The first-order valence-electron chi connectivity index (χ1n) is 16.6. The van der Waals surface area contributed by atoms with E-state index in [1.54, 1.807) is 0 Å². The van der Waals surface area contributed by atoms with E-state index in [2.05, 4.69) is 51.8 Å². The second kappa shape index (κ2) is 18.6. The van der Waals surface area contributed by atoms with Crippen molar-refractivity contribution >= 4 is 111 Å². The van der Waals surface area contributed by atoms with Crippen molar-refractivity contribution in [2.45, 2.75) is 14.7 Å². The fourth-order valence-electron chi connectivity index (χ4n) is 5.29. The molecule has 1 heterocycles. The summed E-state index contributed by atoms with van der Waals surface area (Å²) in [5, 5.41) is 42.4. The molecule has 12 N–H and O–H groups in total. The summed E-state index contributed by atoms with van der Waals surface area (Å²) in [5.41, 5.74) is 2.49. The molecule has 0 saturated heterocycles. The highest BCUT2D eigenvalue weighted by Crippen LogP contribution is 2.47. The quantitative estimate of drug-likeness (QED) is 0.0170. The number of primary amides is 1. The van der Waals surface area contributed by atoms with Gasteiger partial charge in [0.15, 0.2) is 0 Å². The van der Waals surface area contributed by atoms with Crippen LogP contribution in [0.2, 0.25) is 5.28 Å². The first-order valence-corrected chi connectivity index (χ1v) is 21.4. The molecule has 0 aliphatic heterocycles. The van der Waals surface area contributed by atoms with Gasteiger partial charge in [0.2, 0.25) is 23.0 Å². The van der Waals surface area contributed by atoms with E-state index in [4.69, 9.17) is 17.3 Å². The molecule has 0 bridgehead atoms. The number of amides is 2. The molecule has 0 radical (unpaired) electrons. The van der Waals surface area contributed by atoms with E-state index in [0.717, 1.165) is 12.1 Å². The van der Waals surface area contributed by atoms with Gasteiger partial charge in [-0.3, -0.25) is 29.3 Å². The second-order valence-electron chi connectivity index (χ2n) is 12.2. The maximum absolute atomic E-state index is 14.0. The molecule has 0 atom stereocenters. The molecule has 5 rings (SSSR count). The number of carbonyl (C=O) groups excluding carboxylic acids is 1. The van der Waals surface area contributed by atoms with Gasteiger partial charge in [-0.25, -0.2) is 4.79 Å². The van der Waals surface area contributed by atoms with Crippen LogP contribution in [0.5, 0.6) is 0 Å². The van der Waals surface area contributed by atoms with Gasteiger partial charge in [0.1, 0.15) is 37.7 Å². The van der Waals surface area contributed by atoms with Crippen molar-refractivity contribution in [3.05, 3.63) is 85.9 Å². The zero-order valence-corrected chi connectivity index (χ0v) is 33.8. The molecular formula is C30H29ClFN13O14S3. The molecular weight excluding hydrogens is 917 g/mol. The molecule has 0 spiro atoms. The number of benzene rings is 4. The summed E-state index contributed by atoms with van der Waals surface area (Å²) in [4.78, 5) is 41.5. The van der Waals surface area contributed by atoms with Crippen molar-refractivity contribution in [2.24, 2.45) is 16.0 Å². The lowest BCUT2D eigenvalue weighted by atomic mass is 10.1. The van der Waals surface area contributed by atoms with E-state index in [1.807, 2.05) is 0 Å². The largest absolute Gasteiger partial charge is 0.378 e. The lowest BCUT2D eigenvalue weighted by Gasteiger charge is -2.20. The van der Waals surface area contributed by atoms with Gasteiger partial charge in [-0.2, -0.15) is 36.2 Å². The van der Waals surface area contributed by atoms with Gasteiger partial charge < -0.3 is 46.0 Å². The molecule has 5 aromatic rings. The minimum atomic E-state index is -5.17. The van der Waals surface area contributed by atoms with E-state index < -0.39 is 95.3 Å². The van der Waals surface area contributed by atoms with Gasteiger partial charge in [-0.1, -0.05) is 0 Å². The molecule has 2 amide bonds. The molecule has 62 heavy (non-hydrogen) atoms. The predicted molar refractivity (Wildman–Crippen MR) is 219 cm³/mol. The monoisotopic (exact) mass is 945 g/mol. The van der Waals surface area contributed by atoms with Crippen LogP contribution >= 0.6 is 22.5 Å². The van der Waals surface area contributed by atoms with Crippen molar-refractivity contribution in [3.8, 4) is 0 Å². The maximum Gasteiger partial charge on any atom is 0.316 e. The van der Waals surface area contributed by atoms with Crippen LogP contribution in [0.25, 0.3) is 10.8 Å². The molecule has 0 saturated carbocycles. The first-order chi connectivity index (χ1) is 28.9. The zero-order valence-electron chi connectivity index (χ0n) is 30.6. The molecule has 27 nitrogen and oxygen atoms in total. The Labute approximate surface area is 353 Å². The topological polar surface area (TPSA) is 422 Å². The number of carbonyl (C=O) groups is 1. The number of halogens is 2. The minimum Gasteiger partial charge on any atom is -0.378 e. The van der Waals surface area contributed by atoms with E-state index in [0.29, 0.717) is 24.3 Å². The lowest BCUT2D eigenvalue weighted by molar-refractivity contribution is -0.395. The third-order valence-electron chi connectivity index (χ3n) is 7.88. The maximum atomic E-state index is 14.0. The summed E-state index contributed by atoms with van der Waals surface area (Å²) in [6.07, 6.45) is 0. The van der Waals surface area contributed by atoms with Crippen molar-refractivity contribution in [1.82, 2.24) is 20.3 Å². The van der Waals surface area contributed by atoms with Crippen LogP contribution in [0.1, 0.15) is 0 Å². The summed E-state index contributed by atoms with van der Waals surface area (Å²) in [7, 11) is -14.9. The fourth-order valence-corrected chi connectivity index (χ4v) is 7.45. The number of azo groups is 1. The van der Waals surface area contributed by atoms with Crippen LogP contribution in [0.3, 0.4) is 0 Å². The Bertz CT molecular complexity index is 2870. The third-order valence-corrected chi connectivity index (χ3v) is 10.7. The smallest absolute Gasteiger partial charge is 0.316 e. The Hall–Kier alpha value is -6.55. The van der Waals surface area contributed by atoms with E-state index in [9.17, 15) is 69.0 Å². The predicted octanol–water partition coefficient (Wildman–Crippen LogP) is 5.47. The van der Waals surface area contributed by atoms with Crippen molar-refractivity contribution in [3.63, 3.8) is 0 Å². The van der Waals surface area contributed by atoms with E-state index in [1.165, 1.54) is 18.2 Å². The summed E-state index contributed by atoms with van der Waals surface area (Å²) < 4.78 is 112. The molecule has 330 valence electrons. The van der Waals surface area contributed by atoms with Crippen molar-refractivity contribution < 1.29 is 58.6 Å². The first kappa shape index (κ1) is 46.5. The number of anilines is 5. The number of nitrogens with one attached hydrogen (secondary N) is 5. The SMILES string of the molecule is NC(=O)Nc1cc(Nc2nc(Cl)nc(NCCNCCNc3cc(F)c([N+](=O)[O-])cc3[N+](=O)[O-])n2)ccc1N=Nc1cc2c(S(=O)(=O)O)cc(S(O)(O)O)cc2cc1S(=O)(=O)O. The Morgan fingerprint density at radius 3 is 2.00 bits per heavy atom. The van der Waals surface area contributed by atoms with Crippen LogP contribution in [-0.2, 0) is 20.2 Å². The molecule has 0 fully saturated rings. The molecule has 4 aromatic carbocycles. The zero-order chi connectivity index (χ0) is 45.7. The number of rotatable bonds is 18. The molecule has 32 heteroatoms. The molecule has 1 aromatic heterocycles. The summed E-state index contributed by atoms with van der Waals surface area (Å²) in [6, 6.07) is 6.72. The number of urea groups is 1. The number of nitro benzene ring substituents is 2. The minimum absolute atomic E-state index is 0.00614. The summed E-state index contributed by atoms with van der Waals surface area (Å²) in [6.45, 7) is 0.746. The van der Waals surface area contributed by atoms with Crippen LogP contribution in [0.4, 0.5) is 60.9 Å². The summed E-state index contributed by atoms with van der Waals surface area (Å²) in [5.74, 6) is -1.37. The average molecular weight is 946 g/mol. The Morgan fingerprint density at radius 2 is 1.39 bits per heavy atom. The highest BCUT2D eigenvalue weighted by Gasteiger charge is 2.27. The van der Waals surface area contributed by atoms with Crippen LogP contribution < -0.4 is 32.3 Å². The fraction of sp³-hybridized carbons (Fsp3) is 0.133. The van der Waals surface area contributed by atoms with Crippen LogP contribution in [0.15, 0.2) is 79.5 Å². The normalized spacial score (nSPS) is 12.3. The average Bonchev–Trinajstić information content (AvgIpc) is 3.14. The number of nitro groups is 2. The van der Waals surface area contributed by atoms with Crippen LogP contribution in [0, 0.1) is 26.0 Å². The van der Waals surface area contributed by atoms with Gasteiger partial charge in [-0.05, 0) is 59.5 Å². The molecule has 0 unspecified atom stereocenters. The highest BCUT2D eigenvalue weighted by molar-refractivity contribution is 8.19.